The monoisotopic (exact) mass is 208 g/mol. The standard InChI is InChI=1S/C14H12N2/c1-9-11-5-3-4-6-12(11)10(2)14-8-16-15-7-13(9)14/h3-8H,1-2H3. The summed E-state index contributed by atoms with van der Waals surface area (Å²) >= 11 is 0. The lowest BCUT2D eigenvalue weighted by Crippen LogP contribution is -1.90. The Hall–Kier alpha value is -1.96. The van der Waals surface area contributed by atoms with Gasteiger partial charge >= 0.3 is 0 Å². The molecule has 0 atom stereocenters. The summed E-state index contributed by atoms with van der Waals surface area (Å²) in [6.45, 7) is 4.29. The van der Waals surface area contributed by atoms with Crippen molar-refractivity contribution in [3.05, 3.63) is 47.8 Å². The average Bonchev–Trinajstić information content (AvgIpc) is 2.36. The molecule has 0 bridgehead atoms. The van der Waals surface area contributed by atoms with Crippen molar-refractivity contribution in [1.29, 1.82) is 0 Å². The molecule has 0 fully saturated rings. The van der Waals surface area contributed by atoms with E-state index in [1.165, 1.54) is 32.7 Å². The van der Waals surface area contributed by atoms with E-state index in [0.717, 1.165) is 0 Å². The lowest BCUT2D eigenvalue weighted by atomic mass is 9.95. The highest BCUT2D eigenvalue weighted by Crippen LogP contribution is 2.30. The zero-order valence-electron chi connectivity index (χ0n) is 9.36. The molecule has 78 valence electrons. The molecule has 0 radical (unpaired) electrons. The van der Waals surface area contributed by atoms with Crippen LogP contribution in [-0.2, 0) is 0 Å². The van der Waals surface area contributed by atoms with E-state index in [9.17, 15) is 0 Å². The Morgan fingerprint density at radius 3 is 1.56 bits per heavy atom. The molecule has 0 N–H and O–H groups in total. The molecule has 0 aliphatic carbocycles. The molecule has 0 amide bonds. The largest absolute Gasteiger partial charge is 0.158 e. The van der Waals surface area contributed by atoms with Crippen LogP contribution in [0.4, 0.5) is 0 Å². The third-order valence-corrected chi connectivity index (χ3v) is 3.27. The van der Waals surface area contributed by atoms with E-state index in [1.54, 1.807) is 0 Å². The van der Waals surface area contributed by atoms with Crippen molar-refractivity contribution in [1.82, 2.24) is 10.2 Å². The SMILES string of the molecule is Cc1c2ccccc2c(C)c2cnncc12. The minimum Gasteiger partial charge on any atom is -0.158 e. The van der Waals surface area contributed by atoms with Crippen molar-refractivity contribution in [2.75, 3.05) is 0 Å². The normalized spacial score (nSPS) is 11.1. The number of benzene rings is 2. The summed E-state index contributed by atoms with van der Waals surface area (Å²) in [5.74, 6) is 0. The van der Waals surface area contributed by atoms with Crippen molar-refractivity contribution >= 4 is 21.5 Å². The molecule has 0 saturated carbocycles. The van der Waals surface area contributed by atoms with Gasteiger partial charge in [-0.15, -0.1) is 0 Å². The Labute approximate surface area is 93.9 Å². The summed E-state index contributed by atoms with van der Waals surface area (Å²) in [4.78, 5) is 0. The molecule has 1 aromatic heterocycles. The molecular formula is C14H12N2. The predicted molar refractivity (Wildman–Crippen MR) is 66.5 cm³/mol. The number of rotatable bonds is 0. The van der Waals surface area contributed by atoms with E-state index in [4.69, 9.17) is 0 Å². The van der Waals surface area contributed by atoms with Gasteiger partial charge in [0, 0.05) is 10.8 Å². The van der Waals surface area contributed by atoms with Crippen LogP contribution in [0.2, 0.25) is 0 Å². The topological polar surface area (TPSA) is 25.8 Å². The van der Waals surface area contributed by atoms with Crippen molar-refractivity contribution in [2.24, 2.45) is 0 Å². The van der Waals surface area contributed by atoms with Gasteiger partial charge < -0.3 is 0 Å². The highest BCUT2D eigenvalue weighted by Gasteiger charge is 2.07. The molecule has 0 aliphatic rings. The van der Waals surface area contributed by atoms with Crippen LogP contribution in [0.1, 0.15) is 11.1 Å². The first-order valence-electron chi connectivity index (χ1n) is 5.37. The molecule has 0 aliphatic heterocycles. The number of hydrogen-bond donors (Lipinski definition) is 0. The van der Waals surface area contributed by atoms with E-state index in [1.807, 2.05) is 12.4 Å². The van der Waals surface area contributed by atoms with E-state index >= 15 is 0 Å². The first-order chi connectivity index (χ1) is 7.79. The fourth-order valence-corrected chi connectivity index (χ4v) is 2.35. The van der Waals surface area contributed by atoms with Gasteiger partial charge in [-0.25, -0.2) is 0 Å². The van der Waals surface area contributed by atoms with Gasteiger partial charge in [-0.3, -0.25) is 0 Å². The minimum atomic E-state index is 1.20. The molecule has 3 rings (SSSR count). The van der Waals surface area contributed by atoms with E-state index < -0.39 is 0 Å². The maximum Gasteiger partial charge on any atom is 0.0577 e. The summed E-state index contributed by atoms with van der Waals surface area (Å²) in [6.07, 6.45) is 3.70. The van der Waals surface area contributed by atoms with Crippen molar-refractivity contribution in [3.8, 4) is 0 Å². The Kier molecular flexibility index (Phi) is 1.90. The molecule has 2 heteroatoms. The van der Waals surface area contributed by atoms with Crippen molar-refractivity contribution in [3.63, 3.8) is 0 Å². The number of nitrogens with zero attached hydrogens (tertiary/aromatic N) is 2. The first kappa shape index (κ1) is 9.28. The van der Waals surface area contributed by atoms with Gasteiger partial charge in [0.25, 0.3) is 0 Å². The van der Waals surface area contributed by atoms with Crippen LogP contribution in [0, 0.1) is 13.8 Å². The van der Waals surface area contributed by atoms with Gasteiger partial charge in [-0.1, -0.05) is 24.3 Å². The van der Waals surface area contributed by atoms with E-state index in [2.05, 4.69) is 48.3 Å². The van der Waals surface area contributed by atoms with Gasteiger partial charge in [0.2, 0.25) is 0 Å². The fraction of sp³-hybridized carbons (Fsp3) is 0.143. The molecule has 3 aromatic rings. The molecule has 0 unspecified atom stereocenters. The Morgan fingerprint density at radius 2 is 1.12 bits per heavy atom. The van der Waals surface area contributed by atoms with Crippen molar-refractivity contribution < 1.29 is 0 Å². The van der Waals surface area contributed by atoms with Gasteiger partial charge in [0.15, 0.2) is 0 Å². The molecular weight excluding hydrogens is 196 g/mol. The fourth-order valence-electron chi connectivity index (χ4n) is 2.35. The predicted octanol–water partition coefficient (Wildman–Crippen LogP) is 3.40. The van der Waals surface area contributed by atoms with Gasteiger partial charge in [0.1, 0.15) is 0 Å². The summed E-state index contributed by atoms with van der Waals surface area (Å²) in [5, 5.41) is 13.0. The first-order valence-corrected chi connectivity index (χ1v) is 5.37. The quantitative estimate of drug-likeness (QED) is 0.529. The minimum absolute atomic E-state index is 1.20. The second kappa shape index (κ2) is 3.27. The van der Waals surface area contributed by atoms with E-state index in [-0.39, 0.29) is 0 Å². The van der Waals surface area contributed by atoms with Crippen LogP contribution in [0.15, 0.2) is 36.7 Å². The maximum absolute atomic E-state index is 3.97. The van der Waals surface area contributed by atoms with Crippen molar-refractivity contribution in [2.45, 2.75) is 13.8 Å². The third kappa shape index (κ3) is 1.13. The highest BCUT2D eigenvalue weighted by molar-refractivity contribution is 6.04. The third-order valence-electron chi connectivity index (χ3n) is 3.27. The zero-order valence-corrected chi connectivity index (χ0v) is 9.36. The van der Waals surface area contributed by atoms with Gasteiger partial charge in [-0.05, 0) is 35.7 Å². The number of fused-ring (bicyclic) bond motifs is 2. The average molecular weight is 208 g/mol. The number of hydrogen-bond acceptors (Lipinski definition) is 2. The van der Waals surface area contributed by atoms with Crippen LogP contribution in [0.5, 0.6) is 0 Å². The molecule has 16 heavy (non-hydrogen) atoms. The van der Waals surface area contributed by atoms with Crippen LogP contribution in [0.25, 0.3) is 21.5 Å². The smallest absolute Gasteiger partial charge is 0.0577 e. The molecule has 1 heterocycles. The molecule has 2 nitrogen and oxygen atoms in total. The summed E-state index contributed by atoms with van der Waals surface area (Å²) in [5.41, 5.74) is 2.57. The Bertz CT molecular complexity index is 570. The number of aryl methyl sites for hydroxylation is 2. The van der Waals surface area contributed by atoms with Crippen LogP contribution in [0.3, 0.4) is 0 Å². The molecule has 0 spiro atoms. The molecule has 2 aromatic carbocycles. The Morgan fingerprint density at radius 1 is 0.688 bits per heavy atom. The second-order valence-corrected chi connectivity index (χ2v) is 4.11. The van der Waals surface area contributed by atoms with Crippen LogP contribution >= 0.6 is 0 Å². The Balaban J connectivity index is 2.67. The van der Waals surface area contributed by atoms with Crippen LogP contribution < -0.4 is 0 Å². The van der Waals surface area contributed by atoms with Gasteiger partial charge in [-0.2, -0.15) is 10.2 Å². The summed E-state index contributed by atoms with van der Waals surface area (Å²) in [7, 11) is 0. The highest BCUT2D eigenvalue weighted by atomic mass is 15.1. The maximum atomic E-state index is 3.97. The summed E-state index contributed by atoms with van der Waals surface area (Å²) in [6, 6.07) is 8.49. The van der Waals surface area contributed by atoms with Gasteiger partial charge in [0.05, 0.1) is 12.4 Å². The zero-order chi connectivity index (χ0) is 11.1. The molecule has 0 saturated heterocycles. The number of aromatic nitrogens is 2. The lowest BCUT2D eigenvalue weighted by Gasteiger charge is -2.10. The summed E-state index contributed by atoms with van der Waals surface area (Å²) < 4.78 is 0. The van der Waals surface area contributed by atoms with E-state index in [0.29, 0.717) is 0 Å². The lowest BCUT2D eigenvalue weighted by molar-refractivity contribution is 1.05. The van der Waals surface area contributed by atoms with Crippen LogP contribution in [-0.4, -0.2) is 10.2 Å². The second-order valence-electron chi connectivity index (χ2n) is 4.11.